The molecule has 82 valence electrons. The number of hydrogen-bond donors (Lipinski definition) is 2. The van der Waals surface area contributed by atoms with E-state index < -0.39 is 0 Å². The first kappa shape index (κ1) is 11.7. The van der Waals surface area contributed by atoms with Crippen LogP contribution in [0.4, 0.5) is 0 Å². The quantitative estimate of drug-likeness (QED) is 0.759. The number of pyridine rings is 1. The number of aromatic nitrogens is 1. The van der Waals surface area contributed by atoms with Gasteiger partial charge in [-0.15, -0.1) is 0 Å². The van der Waals surface area contributed by atoms with Crippen molar-refractivity contribution in [2.45, 2.75) is 25.8 Å². The highest BCUT2D eigenvalue weighted by molar-refractivity contribution is 5.76. The second-order valence-electron chi connectivity index (χ2n) is 3.40. The van der Waals surface area contributed by atoms with Crippen LogP contribution in [0, 0.1) is 0 Å². The molecule has 1 aromatic rings. The van der Waals surface area contributed by atoms with E-state index in [1.165, 1.54) is 0 Å². The first-order valence-corrected chi connectivity index (χ1v) is 5.04. The molecule has 0 radical (unpaired) electrons. The molecular formula is C11H16N2O2. The number of nitrogens with zero attached hydrogens (tertiary/aromatic N) is 1. The van der Waals surface area contributed by atoms with Crippen LogP contribution in [0.25, 0.3) is 0 Å². The van der Waals surface area contributed by atoms with E-state index in [1.807, 2.05) is 19.1 Å². The Bertz CT molecular complexity index is 301. The number of carbonyl (C=O) groups is 1. The van der Waals surface area contributed by atoms with E-state index in [9.17, 15) is 4.79 Å². The van der Waals surface area contributed by atoms with Gasteiger partial charge in [-0.1, -0.05) is 0 Å². The number of aliphatic hydroxyl groups excluding tert-OH is 1. The van der Waals surface area contributed by atoms with E-state index in [0.717, 1.165) is 5.56 Å². The molecule has 0 aliphatic rings. The van der Waals surface area contributed by atoms with Gasteiger partial charge in [0.05, 0.1) is 6.04 Å². The normalized spacial score (nSPS) is 12.1. The van der Waals surface area contributed by atoms with Crippen LogP contribution in [0.1, 0.15) is 31.4 Å². The lowest BCUT2D eigenvalue weighted by Gasteiger charge is -2.13. The maximum Gasteiger partial charge on any atom is 0.220 e. The molecular weight excluding hydrogens is 192 g/mol. The molecule has 4 heteroatoms. The Balaban J connectivity index is 2.42. The zero-order valence-electron chi connectivity index (χ0n) is 8.81. The lowest BCUT2D eigenvalue weighted by Crippen LogP contribution is -2.26. The molecule has 15 heavy (non-hydrogen) atoms. The lowest BCUT2D eigenvalue weighted by atomic mass is 10.1. The summed E-state index contributed by atoms with van der Waals surface area (Å²) in [6.45, 7) is 1.98. The monoisotopic (exact) mass is 208 g/mol. The number of carbonyl (C=O) groups excluding carboxylic acids is 1. The van der Waals surface area contributed by atoms with Crippen LogP contribution in [-0.4, -0.2) is 22.6 Å². The molecule has 1 aromatic heterocycles. The summed E-state index contributed by atoms with van der Waals surface area (Å²) in [6, 6.07) is 3.73. The van der Waals surface area contributed by atoms with Gasteiger partial charge in [-0.3, -0.25) is 9.78 Å². The summed E-state index contributed by atoms with van der Waals surface area (Å²) < 4.78 is 0. The maximum absolute atomic E-state index is 11.3. The van der Waals surface area contributed by atoms with Crippen LogP contribution < -0.4 is 5.32 Å². The zero-order chi connectivity index (χ0) is 11.1. The van der Waals surface area contributed by atoms with Crippen molar-refractivity contribution in [3.05, 3.63) is 30.1 Å². The van der Waals surface area contributed by atoms with Crippen molar-refractivity contribution in [1.29, 1.82) is 0 Å². The first-order valence-electron chi connectivity index (χ1n) is 5.04. The van der Waals surface area contributed by atoms with Gasteiger partial charge in [0.15, 0.2) is 0 Å². The fourth-order valence-corrected chi connectivity index (χ4v) is 1.29. The molecule has 0 unspecified atom stereocenters. The van der Waals surface area contributed by atoms with Crippen LogP contribution in [0.3, 0.4) is 0 Å². The molecule has 1 rings (SSSR count). The smallest absolute Gasteiger partial charge is 0.220 e. The third kappa shape index (κ3) is 4.08. The summed E-state index contributed by atoms with van der Waals surface area (Å²) in [6.07, 6.45) is 4.28. The summed E-state index contributed by atoms with van der Waals surface area (Å²) >= 11 is 0. The van der Waals surface area contributed by atoms with Gasteiger partial charge in [-0.2, -0.15) is 0 Å². The molecule has 0 spiro atoms. The van der Waals surface area contributed by atoms with E-state index in [0.29, 0.717) is 12.8 Å². The average molecular weight is 208 g/mol. The van der Waals surface area contributed by atoms with E-state index in [-0.39, 0.29) is 18.6 Å². The summed E-state index contributed by atoms with van der Waals surface area (Å²) in [7, 11) is 0. The van der Waals surface area contributed by atoms with E-state index in [2.05, 4.69) is 10.3 Å². The van der Waals surface area contributed by atoms with Gasteiger partial charge in [0.1, 0.15) is 0 Å². The van der Waals surface area contributed by atoms with Crippen molar-refractivity contribution in [3.8, 4) is 0 Å². The third-order valence-electron chi connectivity index (χ3n) is 2.15. The molecule has 1 amide bonds. The first-order chi connectivity index (χ1) is 7.24. The molecule has 0 bridgehead atoms. The van der Waals surface area contributed by atoms with Gasteiger partial charge in [-0.05, 0) is 31.0 Å². The number of rotatable bonds is 5. The lowest BCUT2D eigenvalue weighted by molar-refractivity contribution is -0.122. The molecule has 2 N–H and O–H groups in total. The van der Waals surface area contributed by atoms with Crippen molar-refractivity contribution in [2.24, 2.45) is 0 Å². The predicted molar refractivity (Wildman–Crippen MR) is 57.1 cm³/mol. The van der Waals surface area contributed by atoms with Gasteiger partial charge in [0, 0.05) is 25.4 Å². The highest BCUT2D eigenvalue weighted by Gasteiger charge is 2.08. The predicted octanol–water partition coefficient (Wildman–Crippen LogP) is 1.03. The molecule has 0 aliphatic carbocycles. The Morgan fingerprint density at radius 2 is 2.20 bits per heavy atom. The SMILES string of the molecule is C[C@@H](NC(=O)CCCO)c1ccncc1. The van der Waals surface area contributed by atoms with Crippen LogP contribution in [0.5, 0.6) is 0 Å². The Hall–Kier alpha value is -1.42. The molecule has 1 atom stereocenters. The summed E-state index contributed by atoms with van der Waals surface area (Å²) in [5.74, 6) is -0.0339. The number of hydrogen-bond acceptors (Lipinski definition) is 3. The fourth-order valence-electron chi connectivity index (χ4n) is 1.29. The Morgan fingerprint density at radius 3 is 2.80 bits per heavy atom. The van der Waals surface area contributed by atoms with E-state index in [4.69, 9.17) is 5.11 Å². The summed E-state index contributed by atoms with van der Waals surface area (Å²) in [5.41, 5.74) is 1.03. The number of amides is 1. The largest absolute Gasteiger partial charge is 0.396 e. The highest BCUT2D eigenvalue weighted by Crippen LogP contribution is 2.10. The molecule has 0 saturated heterocycles. The molecule has 0 aromatic carbocycles. The van der Waals surface area contributed by atoms with Crippen LogP contribution in [0.15, 0.2) is 24.5 Å². The molecule has 4 nitrogen and oxygen atoms in total. The second-order valence-corrected chi connectivity index (χ2v) is 3.40. The summed E-state index contributed by atoms with van der Waals surface area (Å²) in [4.78, 5) is 15.3. The van der Waals surface area contributed by atoms with Gasteiger partial charge in [-0.25, -0.2) is 0 Å². The summed E-state index contributed by atoms with van der Waals surface area (Å²) in [5, 5.41) is 11.4. The van der Waals surface area contributed by atoms with Crippen LogP contribution in [0.2, 0.25) is 0 Å². The zero-order valence-corrected chi connectivity index (χ0v) is 8.81. The van der Waals surface area contributed by atoms with Crippen LogP contribution in [-0.2, 0) is 4.79 Å². The minimum Gasteiger partial charge on any atom is -0.396 e. The standard InChI is InChI=1S/C11H16N2O2/c1-9(10-4-6-12-7-5-10)13-11(15)3-2-8-14/h4-7,9,14H,2-3,8H2,1H3,(H,13,15)/t9-/m1/s1. The molecule has 0 saturated carbocycles. The van der Waals surface area contributed by atoms with Crippen molar-refractivity contribution in [3.63, 3.8) is 0 Å². The van der Waals surface area contributed by atoms with Crippen molar-refractivity contribution in [1.82, 2.24) is 10.3 Å². The Morgan fingerprint density at radius 1 is 1.53 bits per heavy atom. The Kier molecular flexibility index (Phi) is 4.77. The average Bonchev–Trinajstić information content (AvgIpc) is 2.27. The van der Waals surface area contributed by atoms with E-state index >= 15 is 0 Å². The maximum atomic E-state index is 11.3. The van der Waals surface area contributed by atoms with Gasteiger partial charge >= 0.3 is 0 Å². The van der Waals surface area contributed by atoms with Crippen LogP contribution >= 0.6 is 0 Å². The fraction of sp³-hybridized carbons (Fsp3) is 0.455. The molecule has 0 fully saturated rings. The Labute approximate surface area is 89.3 Å². The molecule has 0 aliphatic heterocycles. The van der Waals surface area contributed by atoms with Gasteiger partial charge in [0.2, 0.25) is 5.91 Å². The van der Waals surface area contributed by atoms with Crippen molar-refractivity contribution < 1.29 is 9.90 Å². The second kappa shape index (κ2) is 6.14. The number of nitrogens with one attached hydrogen (secondary N) is 1. The minimum atomic E-state index is -0.0339. The van der Waals surface area contributed by atoms with Crippen molar-refractivity contribution >= 4 is 5.91 Å². The number of aliphatic hydroxyl groups is 1. The van der Waals surface area contributed by atoms with E-state index in [1.54, 1.807) is 12.4 Å². The topological polar surface area (TPSA) is 62.2 Å². The van der Waals surface area contributed by atoms with Crippen molar-refractivity contribution in [2.75, 3.05) is 6.61 Å². The van der Waals surface area contributed by atoms with Gasteiger partial charge < -0.3 is 10.4 Å². The third-order valence-corrected chi connectivity index (χ3v) is 2.15. The van der Waals surface area contributed by atoms with Gasteiger partial charge in [0.25, 0.3) is 0 Å². The molecule has 1 heterocycles. The highest BCUT2D eigenvalue weighted by atomic mass is 16.3. The minimum absolute atomic E-state index is 0.0146.